The summed E-state index contributed by atoms with van der Waals surface area (Å²) in [7, 11) is 3.02. The summed E-state index contributed by atoms with van der Waals surface area (Å²) in [5.41, 5.74) is 0. The van der Waals surface area contributed by atoms with Gasteiger partial charge in [-0.3, -0.25) is 0 Å². The second-order valence-electron chi connectivity index (χ2n) is 16.3. The van der Waals surface area contributed by atoms with Gasteiger partial charge in [0.2, 0.25) is 0 Å². The third kappa shape index (κ3) is 34.7. The van der Waals surface area contributed by atoms with Crippen LogP contribution in [-0.2, 0) is 37.2 Å². The lowest BCUT2D eigenvalue weighted by Crippen LogP contribution is -2.40. The highest BCUT2D eigenvalue weighted by Gasteiger charge is 2.27. The maximum atomic E-state index is 7.61. The molecule has 2 saturated carbocycles. The van der Waals surface area contributed by atoms with E-state index in [4.69, 9.17) is 47.3 Å². The lowest BCUT2D eigenvalue weighted by atomic mass is 9.88. The standard InChI is InChI=1S/C13H27BN2O2.C13H25BO2.C7H17BO2.C5H13BO2.CH5BO2/c1-14(17-12-4-8-15(2)9-5-12)18-13-6-10-16(3)11-7-13;1-14(15-12-8-4-2-5-9-12)16-13-10-6-3-7-11-13;1-6(2)9-8(5)10-7(3)4;1-4-7-6(3)8-5-2;1-2(3)4/h12-13H,4-11H2,1-3H3;12-13H,2-11H2,1H3;6-7H,1-5H3;4-5H2,1-3H3;3-4H,1H3. The van der Waals surface area contributed by atoms with E-state index < -0.39 is 7.12 Å². The summed E-state index contributed by atoms with van der Waals surface area (Å²) >= 11 is 0. The third-order valence-electron chi connectivity index (χ3n) is 9.70. The van der Waals surface area contributed by atoms with Crippen molar-refractivity contribution in [3.63, 3.8) is 0 Å². The maximum absolute atomic E-state index is 7.61. The van der Waals surface area contributed by atoms with Crippen LogP contribution >= 0.6 is 0 Å². The molecule has 328 valence electrons. The van der Waals surface area contributed by atoms with E-state index in [0.717, 1.165) is 65.1 Å². The summed E-state index contributed by atoms with van der Waals surface area (Å²) < 4.78 is 44.8. The second kappa shape index (κ2) is 35.6. The van der Waals surface area contributed by atoms with Crippen molar-refractivity contribution in [2.75, 3.05) is 53.5 Å². The maximum Gasteiger partial charge on any atom is 0.453 e. The van der Waals surface area contributed by atoms with Gasteiger partial charge in [-0.05, 0) is 141 Å². The van der Waals surface area contributed by atoms with Gasteiger partial charge in [-0.2, -0.15) is 0 Å². The Morgan fingerprint density at radius 1 is 0.464 bits per heavy atom. The minimum absolute atomic E-state index is 0.00574. The van der Waals surface area contributed by atoms with Crippen LogP contribution in [0.15, 0.2) is 0 Å². The Morgan fingerprint density at radius 3 is 0.982 bits per heavy atom. The Bertz CT molecular complexity index is 788. The van der Waals surface area contributed by atoms with E-state index in [9.17, 15) is 0 Å². The van der Waals surface area contributed by atoms with Gasteiger partial charge in [0, 0.05) is 76.0 Å². The fraction of sp³-hybridized carbons (Fsp3) is 1.00. The van der Waals surface area contributed by atoms with Crippen LogP contribution in [-0.4, -0.2) is 146 Å². The van der Waals surface area contributed by atoms with Crippen molar-refractivity contribution in [2.24, 2.45) is 0 Å². The van der Waals surface area contributed by atoms with E-state index in [0.29, 0.717) is 24.4 Å². The monoisotopic (exact) mass is 799 g/mol. The molecule has 4 rings (SSSR count). The molecule has 17 heteroatoms. The summed E-state index contributed by atoms with van der Waals surface area (Å²) in [5.74, 6) is 0. The summed E-state index contributed by atoms with van der Waals surface area (Å²) in [6.45, 7) is 27.1. The van der Waals surface area contributed by atoms with Crippen LogP contribution in [0, 0.1) is 0 Å². The fourth-order valence-electron chi connectivity index (χ4n) is 7.11. The van der Waals surface area contributed by atoms with E-state index in [-0.39, 0.29) is 40.7 Å². The van der Waals surface area contributed by atoms with Crippen molar-refractivity contribution in [1.82, 2.24) is 9.80 Å². The predicted octanol–water partition coefficient (Wildman–Crippen LogP) is 7.35. The quantitative estimate of drug-likeness (QED) is 0.152. The molecule has 12 nitrogen and oxygen atoms in total. The van der Waals surface area contributed by atoms with E-state index in [1.807, 2.05) is 55.2 Å². The van der Waals surface area contributed by atoms with Gasteiger partial charge in [-0.25, -0.2) is 0 Å². The average molecular weight is 798 g/mol. The van der Waals surface area contributed by atoms with Crippen molar-refractivity contribution >= 4 is 35.6 Å². The molecule has 2 saturated heterocycles. The molecule has 0 bridgehead atoms. The van der Waals surface area contributed by atoms with Crippen LogP contribution in [0.1, 0.15) is 131 Å². The molecule has 0 radical (unpaired) electrons. The smallest absolute Gasteiger partial charge is 0.427 e. The molecule has 0 aromatic carbocycles. The van der Waals surface area contributed by atoms with Crippen molar-refractivity contribution in [2.45, 2.75) is 202 Å². The molecule has 2 aliphatic carbocycles. The number of rotatable bonds is 16. The summed E-state index contributed by atoms with van der Waals surface area (Å²) in [6.07, 6.45) is 19.8. The first-order valence-corrected chi connectivity index (χ1v) is 22.4. The average Bonchev–Trinajstić information content (AvgIpc) is 3.11. The molecular formula is C39H87B5N2O10. The van der Waals surface area contributed by atoms with E-state index >= 15 is 0 Å². The largest absolute Gasteiger partial charge is 0.453 e. The van der Waals surface area contributed by atoms with Crippen LogP contribution in [0.5, 0.6) is 0 Å². The zero-order chi connectivity index (χ0) is 42.3. The molecule has 4 aliphatic rings. The number of likely N-dealkylation sites (tertiary alicyclic amines) is 2. The highest BCUT2D eigenvalue weighted by Crippen LogP contribution is 2.24. The first-order chi connectivity index (χ1) is 26.5. The van der Waals surface area contributed by atoms with Gasteiger partial charge < -0.3 is 57.1 Å². The topological polar surface area (TPSA) is 121 Å². The Balaban J connectivity index is 0.000000728. The first-order valence-electron chi connectivity index (χ1n) is 22.4. The minimum atomic E-state index is -1.17. The van der Waals surface area contributed by atoms with Gasteiger partial charge in [0.25, 0.3) is 0 Å². The summed E-state index contributed by atoms with van der Waals surface area (Å²) in [5, 5.41) is 15.2. The van der Waals surface area contributed by atoms with Crippen LogP contribution in [0.25, 0.3) is 0 Å². The number of piperidine rings is 2. The first kappa shape index (κ1) is 55.8. The number of hydrogen-bond donors (Lipinski definition) is 2. The van der Waals surface area contributed by atoms with Crippen molar-refractivity contribution in [3.8, 4) is 0 Å². The lowest BCUT2D eigenvalue weighted by Gasteiger charge is -2.33. The van der Waals surface area contributed by atoms with Gasteiger partial charge in [-0.1, -0.05) is 38.5 Å². The molecule has 0 unspecified atom stereocenters. The highest BCUT2D eigenvalue weighted by molar-refractivity contribution is 6.43. The van der Waals surface area contributed by atoms with Gasteiger partial charge in [0.05, 0.1) is 0 Å². The van der Waals surface area contributed by atoms with Crippen LogP contribution < -0.4 is 0 Å². The molecule has 4 fully saturated rings. The van der Waals surface area contributed by atoms with E-state index in [2.05, 4.69) is 37.5 Å². The van der Waals surface area contributed by atoms with E-state index in [1.54, 1.807) is 0 Å². The van der Waals surface area contributed by atoms with Crippen molar-refractivity contribution in [3.05, 3.63) is 0 Å². The van der Waals surface area contributed by atoms with Crippen LogP contribution in [0.3, 0.4) is 0 Å². The van der Waals surface area contributed by atoms with Crippen molar-refractivity contribution < 1.29 is 47.3 Å². The normalized spacial score (nSPS) is 19.0. The molecule has 0 aromatic heterocycles. The molecule has 2 heterocycles. The molecule has 56 heavy (non-hydrogen) atoms. The van der Waals surface area contributed by atoms with Gasteiger partial charge in [0.1, 0.15) is 0 Å². The lowest BCUT2D eigenvalue weighted by molar-refractivity contribution is 0.0462. The Labute approximate surface area is 347 Å². The molecule has 2 aliphatic heterocycles. The zero-order valence-corrected chi connectivity index (χ0v) is 38.5. The van der Waals surface area contributed by atoms with Crippen molar-refractivity contribution in [1.29, 1.82) is 0 Å². The molecule has 2 N–H and O–H groups in total. The summed E-state index contributed by atoms with van der Waals surface area (Å²) in [4.78, 5) is 4.73. The Kier molecular flexibility index (Phi) is 35.5. The Morgan fingerprint density at radius 2 is 0.732 bits per heavy atom. The second-order valence-corrected chi connectivity index (χ2v) is 16.3. The SMILES string of the molecule is CB(O)O.CB(OC(C)C)OC(C)C.CB(OC1CCCCC1)OC1CCCCC1.CB(OC1CCN(C)CC1)OC1CCN(C)CC1.CCOB(C)OCC. The molecule has 0 amide bonds. The zero-order valence-electron chi connectivity index (χ0n) is 38.5. The van der Waals surface area contributed by atoms with E-state index in [1.165, 1.54) is 71.0 Å². The van der Waals surface area contributed by atoms with Crippen LogP contribution in [0.2, 0.25) is 34.1 Å². The molecule has 0 spiro atoms. The molecule has 0 atom stereocenters. The van der Waals surface area contributed by atoms with Gasteiger partial charge in [-0.15, -0.1) is 0 Å². The van der Waals surface area contributed by atoms with Gasteiger partial charge >= 0.3 is 35.6 Å². The molecular weight excluding hydrogens is 710 g/mol. The van der Waals surface area contributed by atoms with Crippen LogP contribution in [0.4, 0.5) is 0 Å². The molecule has 0 aromatic rings. The predicted molar refractivity (Wildman–Crippen MR) is 237 cm³/mol. The third-order valence-corrected chi connectivity index (χ3v) is 9.70. The fourth-order valence-corrected chi connectivity index (χ4v) is 7.11. The minimum Gasteiger partial charge on any atom is -0.427 e. The highest BCUT2D eigenvalue weighted by atomic mass is 16.6. The number of nitrogens with zero attached hydrogens (tertiary/aromatic N) is 2. The Hall–Kier alpha value is -0.155. The number of hydrogen-bond acceptors (Lipinski definition) is 12. The summed E-state index contributed by atoms with van der Waals surface area (Å²) in [6, 6.07) is 0. The van der Waals surface area contributed by atoms with Gasteiger partial charge in [0.15, 0.2) is 0 Å².